The molecule has 1 fully saturated rings. The van der Waals surface area contributed by atoms with Gasteiger partial charge in [-0.1, -0.05) is 134 Å². The predicted molar refractivity (Wildman–Crippen MR) is 221 cm³/mol. The number of rotatable bonds is 36. The molecule has 1 aliphatic rings. The summed E-state index contributed by atoms with van der Waals surface area (Å²) in [5.41, 5.74) is 0. The second-order valence-electron chi connectivity index (χ2n) is 15.5. The monoisotopic (exact) mass is 835 g/mol. The third-order valence-corrected chi connectivity index (χ3v) is 11.3. The molecule has 14 heteroatoms. The first-order chi connectivity index (χ1) is 27.4. The lowest BCUT2D eigenvalue weighted by Crippen LogP contribution is -2.64. The SMILES string of the molecule is CCCC/C=C/CCCCCCCC(=O)O[C@@H](COC(=O)CCCCCCCCCCC/C=C/CCCCCC)COP(=O)(O)OC1C(O)C(O)C(O)[C@H](O)C1O. The van der Waals surface area contributed by atoms with E-state index in [9.17, 15) is 44.6 Å². The summed E-state index contributed by atoms with van der Waals surface area (Å²) in [6, 6.07) is 0. The third-order valence-electron chi connectivity index (χ3n) is 10.3. The number of carbonyl (C=O) groups is 2. The van der Waals surface area contributed by atoms with Crippen LogP contribution in [0.4, 0.5) is 0 Å². The first kappa shape index (κ1) is 53.3. The van der Waals surface area contributed by atoms with Crippen molar-refractivity contribution in [2.45, 2.75) is 224 Å². The molecule has 6 unspecified atom stereocenters. The summed E-state index contributed by atoms with van der Waals surface area (Å²) >= 11 is 0. The Balaban J connectivity index is 2.45. The van der Waals surface area contributed by atoms with Gasteiger partial charge in [-0.05, 0) is 57.8 Å². The number of allylic oxidation sites excluding steroid dienone is 4. The normalized spacial score (nSPS) is 22.9. The van der Waals surface area contributed by atoms with E-state index < -0.39 is 75.7 Å². The van der Waals surface area contributed by atoms with Gasteiger partial charge in [-0.15, -0.1) is 0 Å². The van der Waals surface area contributed by atoms with Crippen LogP contribution < -0.4 is 0 Å². The highest BCUT2D eigenvalue weighted by Crippen LogP contribution is 2.47. The number of hydrogen-bond acceptors (Lipinski definition) is 12. The van der Waals surface area contributed by atoms with Crippen LogP contribution in [0.25, 0.3) is 0 Å². The van der Waals surface area contributed by atoms with E-state index in [-0.39, 0.29) is 12.8 Å². The highest BCUT2D eigenvalue weighted by Gasteiger charge is 2.51. The average Bonchev–Trinajstić information content (AvgIpc) is 3.19. The molecule has 0 bridgehead atoms. The van der Waals surface area contributed by atoms with Crippen molar-refractivity contribution in [3.8, 4) is 0 Å². The summed E-state index contributed by atoms with van der Waals surface area (Å²) in [6.07, 6.45) is 22.4. The Hall–Kier alpha value is -1.67. The van der Waals surface area contributed by atoms with Crippen LogP contribution >= 0.6 is 7.82 Å². The lowest BCUT2D eigenvalue weighted by molar-refractivity contribution is -0.220. The van der Waals surface area contributed by atoms with Gasteiger partial charge in [0, 0.05) is 12.8 Å². The van der Waals surface area contributed by atoms with Crippen LogP contribution in [0, 0.1) is 0 Å². The Labute approximate surface area is 343 Å². The molecule has 0 heterocycles. The van der Waals surface area contributed by atoms with E-state index in [1.807, 2.05) is 0 Å². The van der Waals surface area contributed by atoms with E-state index in [4.69, 9.17) is 18.5 Å². The second-order valence-corrected chi connectivity index (χ2v) is 16.9. The minimum absolute atomic E-state index is 0.0871. The molecule has 0 amide bonds. The van der Waals surface area contributed by atoms with Gasteiger partial charge in [0.1, 0.15) is 43.2 Å². The van der Waals surface area contributed by atoms with Crippen molar-refractivity contribution in [1.82, 2.24) is 0 Å². The summed E-state index contributed by atoms with van der Waals surface area (Å²) in [5, 5.41) is 50.0. The number of phosphoric ester groups is 1. The minimum atomic E-state index is -5.11. The number of aliphatic hydroxyl groups is 5. The third kappa shape index (κ3) is 26.9. The van der Waals surface area contributed by atoms with Crippen LogP contribution in [0.2, 0.25) is 0 Å². The van der Waals surface area contributed by atoms with E-state index in [2.05, 4.69) is 38.2 Å². The standard InChI is InChI=1S/C43H79O13P/c1-3-5-7-9-11-13-15-16-17-18-19-20-22-23-25-27-29-31-36(44)53-33-35(55-37(45)32-30-28-26-24-21-14-12-10-8-6-4-2)34-54-57(51,52)56-43-41(49)39(47)38(46)40(48)42(43)50/h10,12-13,15,35,38-43,46-50H,3-9,11,14,16-34H2,1-2H3,(H,51,52)/b12-10+,15-13+/t35-,38?,39-,40?,41?,42?,43?/m0/s1. The van der Waals surface area contributed by atoms with Gasteiger partial charge in [-0.2, -0.15) is 0 Å². The Morgan fingerprint density at radius 2 is 0.912 bits per heavy atom. The lowest BCUT2D eigenvalue weighted by atomic mass is 9.85. The fraction of sp³-hybridized carbons (Fsp3) is 0.860. The van der Waals surface area contributed by atoms with E-state index in [1.165, 1.54) is 77.0 Å². The molecule has 1 saturated carbocycles. The highest BCUT2D eigenvalue weighted by molar-refractivity contribution is 7.47. The van der Waals surface area contributed by atoms with Crippen LogP contribution in [0.3, 0.4) is 0 Å². The summed E-state index contributed by atoms with van der Waals surface area (Å²) in [6.45, 7) is 3.23. The van der Waals surface area contributed by atoms with Crippen molar-refractivity contribution in [2.24, 2.45) is 0 Å². The second kappa shape index (κ2) is 34.1. The van der Waals surface area contributed by atoms with Gasteiger partial charge in [0.2, 0.25) is 0 Å². The van der Waals surface area contributed by atoms with Crippen molar-refractivity contribution in [1.29, 1.82) is 0 Å². The van der Waals surface area contributed by atoms with E-state index in [0.717, 1.165) is 64.2 Å². The number of ether oxygens (including phenoxy) is 2. The fourth-order valence-electron chi connectivity index (χ4n) is 6.62. The number of esters is 2. The molecular formula is C43H79O13P. The van der Waals surface area contributed by atoms with Crippen LogP contribution in [0.1, 0.15) is 181 Å². The maximum absolute atomic E-state index is 12.8. The average molecular weight is 835 g/mol. The smallest absolute Gasteiger partial charge is 0.462 e. The number of unbranched alkanes of at least 4 members (excludes halogenated alkanes) is 20. The number of hydrogen-bond donors (Lipinski definition) is 6. The van der Waals surface area contributed by atoms with Gasteiger partial charge < -0.3 is 39.9 Å². The topological polar surface area (TPSA) is 210 Å². The lowest BCUT2D eigenvalue weighted by Gasteiger charge is -2.41. The van der Waals surface area contributed by atoms with Crippen LogP contribution in [0.5, 0.6) is 0 Å². The van der Waals surface area contributed by atoms with Gasteiger partial charge in [0.15, 0.2) is 6.10 Å². The van der Waals surface area contributed by atoms with Gasteiger partial charge in [-0.3, -0.25) is 18.6 Å². The molecule has 0 saturated heterocycles. The summed E-state index contributed by atoms with van der Waals surface area (Å²) in [7, 11) is -5.11. The molecule has 13 nitrogen and oxygen atoms in total. The highest BCUT2D eigenvalue weighted by atomic mass is 31.2. The molecule has 0 radical (unpaired) electrons. The molecular weight excluding hydrogens is 755 g/mol. The Kier molecular flexibility index (Phi) is 31.9. The number of phosphoric acid groups is 1. The van der Waals surface area contributed by atoms with E-state index in [0.29, 0.717) is 12.8 Å². The first-order valence-electron chi connectivity index (χ1n) is 22.1. The van der Waals surface area contributed by atoms with E-state index >= 15 is 0 Å². The largest absolute Gasteiger partial charge is 0.472 e. The molecule has 0 aromatic heterocycles. The minimum Gasteiger partial charge on any atom is -0.462 e. The van der Waals surface area contributed by atoms with Crippen LogP contribution in [-0.2, 0) is 32.7 Å². The van der Waals surface area contributed by atoms with Gasteiger partial charge in [0.05, 0.1) is 6.61 Å². The summed E-state index contributed by atoms with van der Waals surface area (Å²) in [5.74, 6) is -1.11. The molecule has 1 rings (SSSR count). The maximum atomic E-state index is 12.8. The zero-order valence-electron chi connectivity index (χ0n) is 35.1. The van der Waals surface area contributed by atoms with Gasteiger partial charge >= 0.3 is 19.8 Å². The van der Waals surface area contributed by atoms with Crippen molar-refractivity contribution in [2.75, 3.05) is 13.2 Å². The molecule has 334 valence electrons. The predicted octanol–water partition coefficient (Wildman–Crippen LogP) is 8.06. The molecule has 0 spiro atoms. The van der Waals surface area contributed by atoms with Gasteiger partial charge in [-0.25, -0.2) is 4.57 Å². The maximum Gasteiger partial charge on any atom is 0.472 e. The first-order valence-corrected chi connectivity index (χ1v) is 23.6. The summed E-state index contributed by atoms with van der Waals surface area (Å²) < 4.78 is 33.4. The Morgan fingerprint density at radius 1 is 0.526 bits per heavy atom. The Bertz CT molecular complexity index is 1100. The van der Waals surface area contributed by atoms with Crippen LogP contribution in [0.15, 0.2) is 24.3 Å². The quantitative estimate of drug-likeness (QED) is 0.0153. The molecule has 57 heavy (non-hydrogen) atoms. The molecule has 0 aromatic rings. The zero-order valence-corrected chi connectivity index (χ0v) is 36.0. The molecule has 6 N–H and O–H groups in total. The van der Waals surface area contributed by atoms with E-state index in [1.54, 1.807) is 0 Å². The Morgan fingerprint density at radius 3 is 1.39 bits per heavy atom. The van der Waals surface area contributed by atoms with Crippen molar-refractivity contribution >= 4 is 19.8 Å². The van der Waals surface area contributed by atoms with Crippen molar-refractivity contribution in [3.05, 3.63) is 24.3 Å². The summed E-state index contributed by atoms with van der Waals surface area (Å²) in [4.78, 5) is 35.6. The molecule has 1 aliphatic carbocycles. The molecule has 0 aliphatic heterocycles. The fourth-order valence-corrected chi connectivity index (χ4v) is 7.59. The van der Waals surface area contributed by atoms with Crippen LogP contribution in [-0.4, -0.2) is 98.3 Å². The number of carbonyl (C=O) groups excluding carboxylic acids is 2. The number of aliphatic hydroxyl groups excluding tert-OH is 5. The van der Waals surface area contributed by atoms with Crippen molar-refractivity contribution < 1.29 is 63.1 Å². The molecule has 0 aromatic carbocycles. The molecule has 8 atom stereocenters. The zero-order chi connectivity index (χ0) is 42.2. The van der Waals surface area contributed by atoms with Crippen molar-refractivity contribution in [3.63, 3.8) is 0 Å². The van der Waals surface area contributed by atoms with Gasteiger partial charge in [0.25, 0.3) is 0 Å².